The molecule has 0 aliphatic carbocycles. The van der Waals surface area contributed by atoms with E-state index in [1.807, 2.05) is 18.2 Å². The number of carbonyl (C=O) groups is 1. The topological polar surface area (TPSA) is 110 Å². The van der Waals surface area contributed by atoms with Gasteiger partial charge in [0, 0.05) is 18.2 Å². The third-order valence-corrected chi connectivity index (χ3v) is 8.03. The molecule has 222 valence electrons. The molecule has 43 heavy (non-hydrogen) atoms. The lowest BCUT2D eigenvalue weighted by Gasteiger charge is -2.34. The quantitative estimate of drug-likeness (QED) is 0.288. The van der Waals surface area contributed by atoms with E-state index in [0.29, 0.717) is 34.9 Å². The number of benzene rings is 3. The standard InChI is InChI=1S/C31H27F3N4O5/c1-37-23-12-19(30(39)40)13-25(43-31(33)34)28(23)36-27(37)15-38-9-7-18(8-10-38)20-3-2-4-24-29(20)41-16-26(42-24)21-6-5-17(14-35)11-22(21)32/h2-6,11-13,18,26,31H,7-10,15-16H2,1H3,(H,39,40)/t26-/m1/s1. The molecule has 4 aromatic rings. The van der Waals surface area contributed by atoms with Crippen molar-refractivity contribution in [3.8, 4) is 23.3 Å². The number of likely N-dealkylation sites (tertiary alicyclic amines) is 1. The monoisotopic (exact) mass is 592 g/mol. The van der Waals surface area contributed by atoms with Gasteiger partial charge >= 0.3 is 12.6 Å². The molecule has 3 aromatic carbocycles. The number of carboxylic acids is 1. The summed E-state index contributed by atoms with van der Waals surface area (Å²) in [7, 11) is 1.72. The van der Waals surface area contributed by atoms with Crippen LogP contribution in [0.3, 0.4) is 0 Å². The number of nitrogens with zero attached hydrogens (tertiary/aromatic N) is 4. The minimum Gasteiger partial charge on any atom is -0.485 e. The fraction of sp³-hybridized carbons (Fsp3) is 0.323. The highest BCUT2D eigenvalue weighted by atomic mass is 19.3. The largest absolute Gasteiger partial charge is 0.485 e. The van der Waals surface area contributed by atoms with Gasteiger partial charge in [-0.15, -0.1) is 0 Å². The number of hydrogen-bond donors (Lipinski definition) is 1. The van der Waals surface area contributed by atoms with Crippen LogP contribution in [0.4, 0.5) is 13.2 Å². The summed E-state index contributed by atoms with van der Waals surface area (Å²) in [5, 5.41) is 18.4. The van der Waals surface area contributed by atoms with Crippen LogP contribution in [-0.2, 0) is 13.6 Å². The first-order valence-corrected chi connectivity index (χ1v) is 13.7. The third-order valence-electron chi connectivity index (χ3n) is 8.03. The zero-order valence-corrected chi connectivity index (χ0v) is 23.1. The molecule has 1 saturated heterocycles. The highest BCUT2D eigenvalue weighted by molar-refractivity contribution is 5.95. The van der Waals surface area contributed by atoms with Gasteiger partial charge in [0.1, 0.15) is 23.8 Å². The second kappa shape index (κ2) is 11.5. The Morgan fingerprint density at radius 3 is 2.67 bits per heavy atom. The molecule has 6 rings (SSSR count). The predicted molar refractivity (Wildman–Crippen MR) is 148 cm³/mol. The molecule has 0 saturated carbocycles. The second-order valence-electron chi connectivity index (χ2n) is 10.6. The van der Waals surface area contributed by atoms with Crippen LogP contribution in [0, 0.1) is 17.1 Å². The number of piperidine rings is 1. The van der Waals surface area contributed by atoms with Crippen molar-refractivity contribution in [2.75, 3.05) is 19.7 Å². The van der Waals surface area contributed by atoms with Crippen molar-refractivity contribution in [1.82, 2.24) is 14.5 Å². The number of para-hydroxylation sites is 1. The Morgan fingerprint density at radius 1 is 1.19 bits per heavy atom. The summed E-state index contributed by atoms with van der Waals surface area (Å²) < 4.78 is 59.2. The van der Waals surface area contributed by atoms with Crippen molar-refractivity contribution < 1.29 is 37.3 Å². The van der Waals surface area contributed by atoms with Crippen LogP contribution in [0.15, 0.2) is 48.5 Å². The van der Waals surface area contributed by atoms with E-state index in [9.17, 15) is 23.1 Å². The highest BCUT2D eigenvalue weighted by Gasteiger charge is 2.31. The summed E-state index contributed by atoms with van der Waals surface area (Å²) >= 11 is 0. The molecule has 1 N–H and O–H groups in total. The van der Waals surface area contributed by atoms with Gasteiger partial charge in [0.25, 0.3) is 0 Å². The van der Waals surface area contributed by atoms with Gasteiger partial charge in [-0.3, -0.25) is 4.90 Å². The van der Waals surface area contributed by atoms with E-state index in [4.69, 9.17) is 14.7 Å². The van der Waals surface area contributed by atoms with Gasteiger partial charge in [0.2, 0.25) is 0 Å². The van der Waals surface area contributed by atoms with Crippen LogP contribution >= 0.6 is 0 Å². The van der Waals surface area contributed by atoms with Crippen molar-refractivity contribution in [3.05, 3.63) is 82.4 Å². The van der Waals surface area contributed by atoms with Crippen LogP contribution in [-0.4, -0.2) is 51.8 Å². The van der Waals surface area contributed by atoms with Crippen LogP contribution in [0.5, 0.6) is 17.2 Å². The lowest BCUT2D eigenvalue weighted by Crippen LogP contribution is -2.33. The zero-order chi connectivity index (χ0) is 30.2. The molecule has 3 heterocycles. The average Bonchev–Trinajstić information content (AvgIpc) is 3.31. The maximum absolute atomic E-state index is 14.6. The molecule has 1 atom stereocenters. The predicted octanol–water partition coefficient (Wildman–Crippen LogP) is 5.78. The van der Waals surface area contributed by atoms with Gasteiger partial charge in [0.15, 0.2) is 23.4 Å². The number of ether oxygens (including phenoxy) is 3. The maximum Gasteiger partial charge on any atom is 0.387 e. The SMILES string of the molecule is Cn1c(CN2CCC(c3cccc4c3OC[C@H](c3ccc(C#N)cc3F)O4)CC2)nc2c(OC(F)F)cc(C(=O)O)cc21. The highest BCUT2D eigenvalue weighted by Crippen LogP contribution is 2.44. The molecular formula is C31H27F3N4O5. The first-order chi connectivity index (χ1) is 20.7. The summed E-state index contributed by atoms with van der Waals surface area (Å²) in [6.07, 6.45) is 1.00. The van der Waals surface area contributed by atoms with Crippen LogP contribution in [0.1, 0.15) is 57.7 Å². The number of alkyl halides is 2. The van der Waals surface area contributed by atoms with Crippen LogP contribution in [0.2, 0.25) is 0 Å². The molecule has 2 aliphatic rings. The van der Waals surface area contributed by atoms with E-state index < -0.39 is 24.5 Å². The molecule has 0 unspecified atom stereocenters. The number of hydrogen-bond acceptors (Lipinski definition) is 7. The number of aromatic carboxylic acids is 1. The number of carboxylic acid groups (broad SMARTS) is 1. The fourth-order valence-electron chi connectivity index (χ4n) is 5.82. The van der Waals surface area contributed by atoms with E-state index >= 15 is 0 Å². The van der Waals surface area contributed by atoms with Gasteiger partial charge in [-0.25, -0.2) is 14.2 Å². The maximum atomic E-state index is 14.6. The number of imidazole rings is 1. The van der Waals surface area contributed by atoms with E-state index in [-0.39, 0.29) is 34.9 Å². The molecule has 0 radical (unpaired) electrons. The molecule has 0 spiro atoms. The number of halogens is 3. The van der Waals surface area contributed by atoms with Crippen molar-refractivity contribution in [3.63, 3.8) is 0 Å². The lowest BCUT2D eigenvalue weighted by molar-refractivity contribution is -0.0489. The first-order valence-electron chi connectivity index (χ1n) is 13.7. The number of fused-ring (bicyclic) bond motifs is 2. The van der Waals surface area contributed by atoms with E-state index in [1.165, 1.54) is 12.1 Å². The normalized spacial score (nSPS) is 17.3. The average molecular weight is 593 g/mol. The Labute approximate surface area is 244 Å². The molecule has 1 aromatic heterocycles. The third kappa shape index (κ3) is 5.56. The van der Waals surface area contributed by atoms with Crippen molar-refractivity contribution in [2.24, 2.45) is 7.05 Å². The Bertz CT molecular complexity index is 1740. The van der Waals surface area contributed by atoms with E-state index in [1.54, 1.807) is 29.8 Å². The smallest absolute Gasteiger partial charge is 0.387 e. The van der Waals surface area contributed by atoms with Gasteiger partial charge in [-0.1, -0.05) is 18.2 Å². The number of nitriles is 1. The van der Waals surface area contributed by atoms with Crippen molar-refractivity contribution >= 4 is 17.0 Å². The number of aromatic nitrogens is 2. The molecule has 2 aliphatic heterocycles. The number of rotatable bonds is 7. The van der Waals surface area contributed by atoms with Gasteiger partial charge in [-0.2, -0.15) is 14.0 Å². The van der Waals surface area contributed by atoms with Gasteiger partial charge < -0.3 is 23.9 Å². The Balaban J connectivity index is 1.15. The Kier molecular flexibility index (Phi) is 7.58. The lowest BCUT2D eigenvalue weighted by atomic mass is 9.88. The molecule has 9 nitrogen and oxygen atoms in total. The molecule has 1 fully saturated rings. The first kappa shape index (κ1) is 28.4. The number of aryl methyl sites for hydroxylation is 1. The summed E-state index contributed by atoms with van der Waals surface area (Å²) in [6, 6.07) is 14.4. The Hall–Kier alpha value is -4.76. The molecule has 0 bridgehead atoms. The van der Waals surface area contributed by atoms with Crippen molar-refractivity contribution in [2.45, 2.75) is 38.0 Å². The Morgan fingerprint density at radius 2 is 1.98 bits per heavy atom. The minimum absolute atomic E-state index is 0.138. The van der Waals surface area contributed by atoms with Gasteiger partial charge in [0.05, 0.1) is 29.3 Å². The summed E-state index contributed by atoms with van der Waals surface area (Å²) in [4.78, 5) is 18.3. The van der Waals surface area contributed by atoms with Crippen LogP contribution < -0.4 is 14.2 Å². The fourth-order valence-corrected chi connectivity index (χ4v) is 5.82. The summed E-state index contributed by atoms with van der Waals surface area (Å²) in [5.74, 6) is -0.0384. The molecular weight excluding hydrogens is 565 g/mol. The molecule has 0 amide bonds. The van der Waals surface area contributed by atoms with Crippen molar-refractivity contribution in [1.29, 1.82) is 5.26 Å². The summed E-state index contributed by atoms with van der Waals surface area (Å²) in [6.45, 7) is -1.06. The van der Waals surface area contributed by atoms with Crippen LogP contribution in [0.25, 0.3) is 11.0 Å². The minimum atomic E-state index is -3.11. The zero-order valence-electron chi connectivity index (χ0n) is 23.1. The molecule has 12 heteroatoms. The van der Waals surface area contributed by atoms with E-state index in [0.717, 1.165) is 37.6 Å². The van der Waals surface area contributed by atoms with Gasteiger partial charge in [-0.05, 0) is 62.2 Å². The van der Waals surface area contributed by atoms with E-state index in [2.05, 4.69) is 14.6 Å². The second-order valence-corrected chi connectivity index (χ2v) is 10.6. The summed E-state index contributed by atoms with van der Waals surface area (Å²) in [5.41, 5.74) is 2.01.